The zero-order chi connectivity index (χ0) is 11.4. The Hall–Kier alpha value is -0.270. The first kappa shape index (κ1) is 12.2. The first-order valence-electron chi connectivity index (χ1n) is 5.13. The molecule has 5 heteroatoms. The van der Waals surface area contributed by atoms with Gasteiger partial charge in [0.25, 0.3) is 0 Å². The third-order valence-electron chi connectivity index (χ3n) is 2.33. The van der Waals surface area contributed by atoms with Crippen LogP contribution >= 0.6 is 34.4 Å². The molecular weight excluding hydrogens is 335 g/mol. The van der Waals surface area contributed by atoms with E-state index in [2.05, 4.69) is 33.2 Å². The van der Waals surface area contributed by atoms with Gasteiger partial charge in [0.2, 0.25) is 5.91 Å². The van der Waals surface area contributed by atoms with Crippen LogP contribution in [0.25, 0.3) is 0 Å². The van der Waals surface area contributed by atoms with E-state index in [4.69, 9.17) is 0 Å². The molecule has 0 spiro atoms. The minimum absolute atomic E-state index is 0.0587. The van der Waals surface area contributed by atoms with E-state index in [1.807, 2.05) is 36.0 Å². The lowest BCUT2D eigenvalue weighted by atomic mass is 10.2. The van der Waals surface area contributed by atoms with E-state index in [-0.39, 0.29) is 11.9 Å². The molecule has 1 amide bonds. The molecular formula is C11H13IN2OS. The van der Waals surface area contributed by atoms with E-state index in [9.17, 15) is 4.79 Å². The summed E-state index contributed by atoms with van der Waals surface area (Å²) in [4.78, 5) is 11.9. The normalized spacial score (nSPS) is 20.4. The van der Waals surface area contributed by atoms with E-state index in [1.54, 1.807) is 0 Å². The molecule has 3 nitrogen and oxygen atoms in total. The number of rotatable bonds is 2. The van der Waals surface area contributed by atoms with Gasteiger partial charge in [0.1, 0.15) is 0 Å². The Bertz CT molecular complexity index is 380. The van der Waals surface area contributed by atoms with Crippen LogP contribution in [-0.4, -0.2) is 30.0 Å². The number of amides is 1. The fraction of sp³-hybridized carbons (Fsp3) is 0.364. The van der Waals surface area contributed by atoms with E-state index in [1.165, 1.54) is 0 Å². The van der Waals surface area contributed by atoms with Crippen molar-refractivity contribution >= 4 is 45.9 Å². The second kappa shape index (κ2) is 5.88. The lowest BCUT2D eigenvalue weighted by molar-refractivity contribution is -0.117. The van der Waals surface area contributed by atoms with Crippen LogP contribution in [0.5, 0.6) is 0 Å². The summed E-state index contributed by atoms with van der Waals surface area (Å²) in [7, 11) is 0. The standard InChI is InChI=1S/C11H13IN2OS/c12-8-2-1-3-9(6-8)14-11(15)10-7-16-5-4-13-10/h1-3,6,10,13H,4-5,7H2,(H,14,15). The van der Waals surface area contributed by atoms with Gasteiger partial charge in [-0.1, -0.05) is 6.07 Å². The van der Waals surface area contributed by atoms with Crippen molar-refractivity contribution < 1.29 is 4.79 Å². The predicted octanol–water partition coefficient (Wildman–Crippen LogP) is 1.93. The molecule has 0 aromatic heterocycles. The Morgan fingerprint density at radius 2 is 2.44 bits per heavy atom. The van der Waals surface area contributed by atoms with Crippen LogP contribution in [0.3, 0.4) is 0 Å². The van der Waals surface area contributed by atoms with Gasteiger partial charge >= 0.3 is 0 Å². The second-order valence-electron chi connectivity index (χ2n) is 3.58. The van der Waals surface area contributed by atoms with Crippen molar-refractivity contribution in [3.05, 3.63) is 27.8 Å². The van der Waals surface area contributed by atoms with Crippen molar-refractivity contribution in [2.75, 3.05) is 23.4 Å². The number of halogens is 1. The Balaban J connectivity index is 1.96. The van der Waals surface area contributed by atoms with Crippen molar-refractivity contribution in [1.82, 2.24) is 5.32 Å². The van der Waals surface area contributed by atoms with E-state index in [0.29, 0.717) is 0 Å². The van der Waals surface area contributed by atoms with Crippen molar-refractivity contribution in [3.63, 3.8) is 0 Å². The van der Waals surface area contributed by atoms with Crippen LogP contribution in [0.15, 0.2) is 24.3 Å². The molecule has 0 radical (unpaired) electrons. The van der Waals surface area contributed by atoms with Crippen LogP contribution in [0, 0.1) is 3.57 Å². The number of thioether (sulfide) groups is 1. The van der Waals surface area contributed by atoms with Crippen LogP contribution in [0.4, 0.5) is 5.69 Å². The van der Waals surface area contributed by atoms with Gasteiger partial charge in [-0.2, -0.15) is 11.8 Å². The zero-order valence-corrected chi connectivity index (χ0v) is 11.7. The number of carbonyl (C=O) groups excluding carboxylic acids is 1. The first-order valence-corrected chi connectivity index (χ1v) is 7.36. The fourth-order valence-electron chi connectivity index (χ4n) is 1.53. The average molecular weight is 348 g/mol. The molecule has 0 saturated carbocycles. The Morgan fingerprint density at radius 3 is 3.12 bits per heavy atom. The van der Waals surface area contributed by atoms with Crippen molar-refractivity contribution in [2.24, 2.45) is 0 Å². The van der Waals surface area contributed by atoms with Gasteiger partial charge in [-0.3, -0.25) is 4.79 Å². The van der Waals surface area contributed by atoms with Crippen molar-refractivity contribution in [3.8, 4) is 0 Å². The average Bonchev–Trinajstić information content (AvgIpc) is 2.30. The topological polar surface area (TPSA) is 41.1 Å². The van der Waals surface area contributed by atoms with Gasteiger partial charge in [0.05, 0.1) is 6.04 Å². The van der Waals surface area contributed by atoms with Gasteiger partial charge in [-0.25, -0.2) is 0 Å². The Kier molecular flexibility index (Phi) is 4.48. The van der Waals surface area contributed by atoms with E-state index in [0.717, 1.165) is 27.3 Å². The summed E-state index contributed by atoms with van der Waals surface area (Å²) in [6, 6.07) is 7.77. The summed E-state index contributed by atoms with van der Waals surface area (Å²) in [5.41, 5.74) is 0.870. The highest BCUT2D eigenvalue weighted by atomic mass is 127. The third-order valence-corrected chi connectivity index (χ3v) is 4.06. The van der Waals surface area contributed by atoms with Gasteiger partial charge in [0.15, 0.2) is 0 Å². The molecule has 0 bridgehead atoms. The lowest BCUT2D eigenvalue weighted by Crippen LogP contribution is -2.46. The second-order valence-corrected chi connectivity index (χ2v) is 5.98. The molecule has 86 valence electrons. The maximum atomic E-state index is 11.9. The number of nitrogens with one attached hydrogen (secondary N) is 2. The molecule has 1 aliphatic heterocycles. The van der Waals surface area contributed by atoms with Crippen molar-refractivity contribution in [2.45, 2.75) is 6.04 Å². The predicted molar refractivity (Wildman–Crippen MR) is 76.9 cm³/mol. The number of carbonyl (C=O) groups is 1. The summed E-state index contributed by atoms with van der Waals surface area (Å²) < 4.78 is 1.13. The molecule has 1 atom stereocenters. The van der Waals surface area contributed by atoms with E-state index >= 15 is 0 Å². The van der Waals surface area contributed by atoms with Gasteiger partial charge < -0.3 is 10.6 Å². The highest BCUT2D eigenvalue weighted by Gasteiger charge is 2.20. The molecule has 1 aliphatic rings. The number of anilines is 1. The molecule has 1 aromatic rings. The summed E-state index contributed by atoms with van der Waals surface area (Å²) >= 11 is 4.06. The fourth-order valence-corrected chi connectivity index (χ4v) is 3.01. The number of hydrogen-bond acceptors (Lipinski definition) is 3. The smallest absolute Gasteiger partial charge is 0.242 e. The molecule has 2 rings (SSSR count). The highest BCUT2D eigenvalue weighted by Crippen LogP contribution is 2.14. The Morgan fingerprint density at radius 1 is 1.56 bits per heavy atom. The summed E-state index contributed by atoms with van der Waals surface area (Å²) in [6.07, 6.45) is 0. The highest BCUT2D eigenvalue weighted by molar-refractivity contribution is 14.1. The molecule has 1 saturated heterocycles. The van der Waals surface area contributed by atoms with Crippen molar-refractivity contribution in [1.29, 1.82) is 0 Å². The maximum absolute atomic E-state index is 11.9. The van der Waals surface area contributed by atoms with Crippen LogP contribution in [0.1, 0.15) is 0 Å². The molecule has 1 unspecified atom stereocenters. The van der Waals surface area contributed by atoms with Crippen LogP contribution in [0.2, 0.25) is 0 Å². The third kappa shape index (κ3) is 3.36. The van der Waals surface area contributed by atoms with Gasteiger partial charge in [-0.05, 0) is 40.8 Å². The molecule has 1 heterocycles. The lowest BCUT2D eigenvalue weighted by Gasteiger charge is -2.22. The first-order chi connectivity index (χ1) is 7.75. The van der Waals surface area contributed by atoms with Crippen LogP contribution < -0.4 is 10.6 Å². The summed E-state index contributed by atoms with van der Waals surface area (Å²) in [6.45, 7) is 0.912. The quantitative estimate of drug-likeness (QED) is 0.803. The minimum Gasteiger partial charge on any atom is -0.325 e. The SMILES string of the molecule is O=C(Nc1cccc(I)c1)C1CSCCN1. The zero-order valence-electron chi connectivity index (χ0n) is 8.70. The molecule has 0 aliphatic carbocycles. The molecule has 16 heavy (non-hydrogen) atoms. The van der Waals surface area contributed by atoms with Crippen LogP contribution in [-0.2, 0) is 4.79 Å². The molecule has 2 N–H and O–H groups in total. The largest absolute Gasteiger partial charge is 0.325 e. The summed E-state index contributed by atoms with van der Waals surface area (Å²) in [5, 5.41) is 6.15. The molecule has 1 aromatic carbocycles. The summed E-state index contributed by atoms with van der Waals surface area (Å²) in [5.74, 6) is 2.01. The maximum Gasteiger partial charge on any atom is 0.242 e. The van der Waals surface area contributed by atoms with Gasteiger partial charge in [0, 0.05) is 27.3 Å². The monoisotopic (exact) mass is 348 g/mol. The number of benzene rings is 1. The number of hydrogen-bond donors (Lipinski definition) is 2. The van der Waals surface area contributed by atoms with Gasteiger partial charge in [-0.15, -0.1) is 0 Å². The molecule has 1 fully saturated rings. The minimum atomic E-state index is -0.0587. The van der Waals surface area contributed by atoms with E-state index < -0.39 is 0 Å². The Labute approximate surface area is 113 Å².